The molecule has 0 aliphatic heterocycles. The van der Waals surface area contributed by atoms with Crippen molar-refractivity contribution in [2.45, 2.75) is 45.1 Å². The zero-order chi connectivity index (χ0) is 14.5. The molecule has 0 atom stereocenters. The predicted octanol–water partition coefficient (Wildman–Crippen LogP) is 4.14. The minimum atomic E-state index is 0.566. The van der Waals surface area contributed by atoms with Crippen molar-refractivity contribution in [1.29, 1.82) is 0 Å². The van der Waals surface area contributed by atoms with E-state index in [9.17, 15) is 0 Å². The molecule has 0 saturated heterocycles. The zero-order valence-electron chi connectivity index (χ0n) is 12.5. The molecule has 0 spiro atoms. The Bertz CT molecular complexity index is 574. The number of aryl methyl sites for hydroxylation is 1. The summed E-state index contributed by atoms with van der Waals surface area (Å²) in [4.78, 5) is 8.60. The first kappa shape index (κ1) is 13.9. The molecule has 0 bridgehead atoms. The maximum atomic E-state index is 4.31. The van der Waals surface area contributed by atoms with E-state index in [0.717, 1.165) is 23.7 Å². The van der Waals surface area contributed by atoms with Gasteiger partial charge in [0.05, 0.1) is 0 Å². The van der Waals surface area contributed by atoms with Crippen LogP contribution in [0.25, 0.3) is 0 Å². The molecule has 3 rings (SSSR count). The second-order valence-electron chi connectivity index (χ2n) is 5.59. The van der Waals surface area contributed by atoms with Crippen LogP contribution in [0.15, 0.2) is 36.7 Å². The molecular formula is C17H22N4. The Morgan fingerprint density at radius 2 is 1.76 bits per heavy atom. The SMILES string of the molecule is CCc1ccc(Nc2cc(NC3CCCC3)ncn2)cc1. The minimum Gasteiger partial charge on any atom is -0.367 e. The minimum absolute atomic E-state index is 0.566. The summed E-state index contributed by atoms with van der Waals surface area (Å²) in [5, 5.41) is 6.82. The van der Waals surface area contributed by atoms with Crippen molar-refractivity contribution in [3.05, 3.63) is 42.2 Å². The molecule has 2 N–H and O–H groups in total. The molecule has 0 amide bonds. The van der Waals surface area contributed by atoms with Crippen LogP contribution < -0.4 is 10.6 Å². The van der Waals surface area contributed by atoms with E-state index in [-0.39, 0.29) is 0 Å². The van der Waals surface area contributed by atoms with Gasteiger partial charge in [-0.3, -0.25) is 0 Å². The van der Waals surface area contributed by atoms with Crippen molar-refractivity contribution in [3.63, 3.8) is 0 Å². The third-order valence-corrected chi connectivity index (χ3v) is 4.01. The van der Waals surface area contributed by atoms with Crippen LogP contribution in [-0.2, 0) is 6.42 Å². The fraction of sp³-hybridized carbons (Fsp3) is 0.412. The van der Waals surface area contributed by atoms with Crippen LogP contribution in [0.1, 0.15) is 38.2 Å². The molecule has 1 fully saturated rings. The van der Waals surface area contributed by atoms with Crippen molar-refractivity contribution >= 4 is 17.3 Å². The maximum absolute atomic E-state index is 4.31. The topological polar surface area (TPSA) is 49.8 Å². The molecule has 1 saturated carbocycles. The molecule has 0 radical (unpaired) electrons. The first-order valence-electron chi connectivity index (χ1n) is 7.78. The second kappa shape index (κ2) is 6.57. The highest BCUT2D eigenvalue weighted by Gasteiger charge is 2.15. The van der Waals surface area contributed by atoms with Gasteiger partial charge in [-0.25, -0.2) is 9.97 Å². The van der Waals surface area contributed by atoms with Crippen LogP contribution in [0, 0.1) is 0 Å². The summed E-state index contributed by atoms with van der Waals surface area (Å²) in [6.07, 6.45) is 7.79. The lowest BCUT2D eigenvalue weighted by molar-refractivity contribution is 0.750. The standard InChI is InChI=1S/C17H22N4/c1-2-13-7-9-15(10-8-13)21-17-11-16(18-12-19-17)20-14-5-3-4-6-14/h7-12,14H,2-6H2,1H3,(H2,18,19,20,21). The van der Waals surface area contributed by atoms with Crippen LogP contribution in [0.2, 0.25) is 0 Å². The van der Waals surface area contributed by atoms with E-state index in [1.807, 2.05) is 6.07 Å². The summed E-state index contributed by atoms with van der Waals surface area (Å²) in [6.45, 7) is 2.16. The average molecular weight is 282 g/mol. The van der Waals surface area contributed by atoms with Crippen molar-refractivity contribution in [3.8, 4) is 0 Å². The molecule has 1 aliphatic rings. The Balaban J connectivity index is 1.66. The first-order chi connectivity index (χ1) is 10.3. The molecule has 4 nitrogen and oxygen atoms in total. The van der Waals surface area contributed by atoms with E-state index in [0.29, 0.717) is 6.04 Å². The highest BCUT2D eigenvalue weighted by Crippen LogP contribution is 2.23. The van der Waals surface area contributed by atoms with E-state index in [1.165, 1.54) is 31.2 Å². The Labute approximate surface area is 126 Å². The Kier molecular flexibility index (Phi) is 4.34. The number of hydrogen-bond donors (Lipinski definition) is 2. The maximum Gasteiger partial charge on any atom is 0.135 e. The number of nitrogens with one attached hydrogen (secondary N) is 2. The number of rotatable bonds is 5. The van der Waals surface area contributed by atoms with Gasteiger partial charge in [-0.05, 0) is 37.0 Å². The highest BCUT2D eigenvalue weighted by atomic mass is 15.1. The lowest BCUT2D eigenvalue weighted by Gasteiger charge is -2.13. The molecule has 4 heteroatoms. The van der Waals surface area contributed by atoms with Gasteiger partial charge in [-0.1, -0.05) is 31.9 Å². The molecule has 2 aromatic rings. The summed E-state index contributed by atoms with van der Waals surface area (Å²) in [7, 11) is 0. The Hall–Kier alpha value is -2.10. The van der Waals surface area contributed by atoms with Gasteiger partial charge in [-0.15, -0.1) is 0 Å². The third kappa shape index (κ3) is 3.72. The predicted molar refractivity (Wildman–Crippen MR) is 87.0 cm³/mol. The molecule has 1 aromatic carbocycles. The van der Waals surface area contributed by atoms with E-state index in [4.69, 9.17) is 0 Å². The lowest BCUT2D eigenvalue weighted by atomic mass is 10.1. The van der Waals surface area contributed by atoms with E-state index in [1.54, 1.807) is 6.33 Å². The van der Waals surface area contributed by atoms with Gasteiger partial charge in [0.25, 0.3) is 0 Å². The summed E-state index contributed by atoms with van der Waals surface area (Å²) < 4.78 is 0. The first-order valence-corrected chi connectivity index (χ1v) is 7.78. The Morgan fingerprint density at radius 3 is 2.48 bits per heavy atom. The number of nitrogens with zero attached hydrogens (tertiary/aromatic N) is 2. The fourth-order valence-corrected chi connectivity index (χ4v) is 2.76. The van der Waals surface area contributed by atoms with E-state index in [2.05, 4.69) is 51.8 Å². The van der Waals surface area contributed by atoms with E-state index >= 15 is 0 Å². The summed E-state index contributed by atoms with van der Waals surface area (Å²) >= 11 is 0. The van der Waals surface area contributed by atoms with Gasteiger partial charge in [0.2, 0.25) is 0 Å². The van der Waals surface area contributed by atoms with Crippen LogP contribution >= 0.6 is 0 Å². The molecule has 1 heterocycles. The smallest absolute Gasteiger partial charge is 0.135 e. The van der Waals surface area contributed by atoms with Crippen molar-refractivity contribution < 1.29 is 0 Å². The molecule has 21 heavy (non-hydrogen) atoms. The van der Waals surface area contributed by atoms with Gasteiger partial charge in [-0.2, -0.15) is 0 Å². The third-order valence-electron chi connectivity index (χ3n) is 4.01. The average Bonchev–Trinajstić information content (AvgIpc) is 3.01. The van der Waals surface area contributed by atoms with Gasteiger partial charge < -0.3 is 10.6 Å². The molecule has 1 aliphatic carbocycles. The largest absolute Gasteiger partial charge is 0.367 e. The van der Waals surface area contributed by atoms with Crippen LogP contribution in [0.4, 0.5) is 17.3 Å². The van der Waals surface area contributed by atoms with Crippen molar-refractivity contribution in [2.24, 2.45) is 0 Å². The van der Waals surface area contributed by atoms with Gasteiger partial charge >= 0.3 is 0 Å². The monoisotopic (exact) mass is 282 g/mol. The van der Waals surface area contributed by atoms with Crippen LogP contribution in [-0.4, -0.2) is 16.0 Å². The zero-order valence-corrected chi connectivity index (χ0v) is 12.5. The Morgan fingerprint density at radius 1 is 1.05 bits per heavy atom. The molecule has 1 aromatic heterocycles. The molecule has 110 valence electrons. The van der Waals surface area contributed by atoms with Gasteiger partial charge in [0, 0.05) is 17.8 Å². The fourth-order valence-electron chi connectivity index (χ4n) is 2.76. The second-order valence-corrected chi connectivity index (χ2v) is 5.59. The van der Waals surface area contributed by atoms with Gasteiger partial charge in [0.15, 0.2) is 0 Å². The van der Waals surface area contributed by atoms with Crippen LogP contribution in [0.5, 0.6) is 0 Å². The quantitative estimate of drug-likeness (QED) is 0.865. The number of anilines is 3. The highest BCUT2D eigenvalue weighted by molar-refractivity contribution is 5.59. The van der Waals surface area contributed by atoms with Crippen LogP contribution in [0.3, 0.4) is 0 Å². The summed E-state index contributed by atoms with van der Waals surface area (Å²) in [5.74, 6) is 1.74. The van der Waals surface area contributed by atoms with Crippen molar-refractivity contribution in [1.82, 2.24) is 9.97 Å². The number of benzene rings is 1. The lowest BCUT2D eigenvalue weighted by Crippen LogP contribution is -2.15. The van der Waals surface area contributed by atoms with Crippen molar-refractivity contribution in [2.75, 3.05) is 10.6 Å². The van der Waals surface area contributed by atoms with Gasteiger partial charge in [0.1, 0.15) is 18.0 Å². The number of aromatic nitrogens is 2. The molecule has 0 unspecified atom stereocenters. The normalized spacial score (nSPS) is 15.1. The van der Waals surface area contributed by atoms with E-state index < -0.39 is 0 Å². The molecular weight excluding hydrogens is 260 g/mol. The summed E-state index contributed by atoms with van der Waals surface area (Å²) in [6, 6.07) is 11.0. The number of hydrogen-bond acceptors (Lipinski definition) is 4. The summed E-state index contributed by atoms with van der Waals surface area (Å²) in [5.41, 5.74) is 2.39.